The van der Waals surface area contributed by atoms with Crippen LogP contribution in [0.5, 0.6) is 0 Å². The highest BCUT2D eigenvalue weighted by Gasteiger charge is 2.62. The van der Waals surface area contributed by atoms with Gasteiger partial charge in [0.2, 0.25) is 0 Å². The summed E-state index contributed by atoms with van der Waals surface area (Å²) in [7, 11) is 0. The lowest BCUT2D eigenvalue weighted by Crippen LogP contribution is -2.39. The van der Waals surface area contributed by atoms with E-state index in [-0.39, 0.29) is 5.60 Å². The molecule has 2 saturated carbocycles. The summed E-state index contributed by atoms with van der Waals surface area (Å²) in [5.74, 6) is 2.33. The summed E-state index contributed by atoms with van der Waals surface area (Å²) >= 11 is 0. The van der Waals surface area contributed by atoms with Crippen molar-refractivity contribution in [2.24, 2.45) is 23.2 Å². The quantitative estimate of drug-likeness (QED) is 0.697. The van der Waals surface area contributed by atoms with Crippen LogP contribution in [-0.4, -0.2) is 18.5 Å². The van der Waals surface area contributed by atoms with Crippen LogP contribution in [0.25, 0.3) is 0 Å². The minimum atomic E-state index is 0.0624. The topological polar surface area (TPSA) is 26.3 Å². The number of aldehydes is 1. The molecule has 2 unspecified atom stereocenters. The molecule has 0 bridgehead atoms. The standard InChI is InChI=1S/C16H26O2/c1-15(2)9-14-10-16(14,11-18-15)13(6-7-17)8-12-4-3-5-12/h7,12-14H,3-6,8-11H2,1-2H3/t13-,14?,16?/m0/s1. The van der Waals surface area contributed by atoms with E-state index in [1.165, 1.54) is 38.5 Å². The van der Waals surface area contributed by atoms with Crippen LogP contribution in [0.3, 0.4) is 0 Å². The van der Waals surface area contributed by atoms with Crippen molar-refractivity contribution in [1.29, 1.82) is 0 Å². The minimum absolute atomic E-state index is 0.0624. The fourth-order valence-corrected chi connectivity index (χ4v) is 4.26. The van der Waals surface area contributed by atoms with Crippen molar-refractivity contribution in [2.45, 2.75) is 64.4 Å². The van der Waals surface area contributed by atoms with Crippen molar-refractivity contribution in [3.63, 3.8) is 0 Å². The highest BCUT2D eigenvalue weighted by atomic mass is 16.5. The maximum Gasteiger partial charge on any atom is 0.120 e. The first-order chi connectivity index (χ1) is 8.56. The van der Waals surface area contributed by atoms with Gasteiger partial charge in [0.05, 0.1) is 12.2 Å². The molecule has 1 heterocycles. The molecule has 3 atom stereocenters. The lowest BCUT2D eigenvalue weighted by atomic mass is 9.71. The van der Waals surface area contributed by atoms with Gasteiger partial charge >= 0.3 is 0 Å². The van der Waals surface area contributed by atoms with Gasteiger partial charge in [-0.15, -0.1) is 0 Å². The van der Waals surface area contributed by atoms with E-state index >= 15 is 0 Å². The number of hydrogen-bond donors (Lipinski definition) is 0. The zero-order valence-electron chi connectivity index (χ0n) is 11.8. The summed E-state index contributed by atoms with van der Waals surface area (Å²) in [6.07, 6.45) is 9.86. The molecule has 2 nitrogen and oxygen atoms in total. The first-order valence-electron chi connectivity index (χ1n) is 7.63. The molecular formula is C16H26O2. The van der Waals surface area contributed by atoms with Crippen LogP contribution in [-0.2, 0) is 9.53 Å². The molecule has 0 aromatic carbocycles. The molecule has 1 aliphatic heterocycles. The van der Waals surface area contributed by atoms with Crippen LogP contribution in [0.1, 0.15) is 58.8 Å². The largest absolute Gasteiger partial charge is 0.375 e. The second-order valence-corrected chi connectivity index (χ2v) is 7.52. The molecule has 2 heteroatoms. The van der Waals surface area contributed by atoms with Gasteiger partial charge in [0.15, 0.2) is 0 Å². The van der Waals surface area contributed by atoms with Crippen LogP contribution in [0, 0.1) is 23.2 Å². The molecule has 0 amide bonds. The normalized spacial score (nSPS) is 39.6. The van der Waals surface area contributed by atoms with E-state index in [1.807, 2.05) is 0 Å². The Morgan fingerprint density at radius 1 is 1.33 bits per heavy atom. The number of carbonyl (C=O) groups is 1. The van der Waals surface area contributed by atoms with Gasteiger partial charge in [-0.25, -0.2) is 0 Å². The molecule has 102 valence electrons. The van der Waals surface area contributed by atoms with Gasteiger partial charge in [-0.3, -0.25) is 0 Å². The Hall–Kier alpha value is -0.370. The van der Waals surface area contributed by atoms with E-state index in [2.05, 4.69) is 13.8 Å². The lowest BCUT2D eigenvalue weighted by Gasteiger charge is -2.40. The molecule has 3 aliphatic rings. The Bertz CT molecular complexity index is 332. The van der Waals surface area contributed by atoms with E-state index in [1.54, 1.807) is 0 Å². The van der Waals surface area contributed by atoms with Gasteiger partial charge in [0.25, 0.3) is 0 Å². The first kappa shape index (κ1) is 12.7. The van der Waals surface area contributed by atoms with Crippen molar-refractivity contribution in [3.8, 4) is 0 Å². The Morgan fingerprint density at radius 2 is 2.11 bits per heavy atom. The van der Waals surface area contributed by atoms with E-state index in [9.17, 15) is 4.79 Å². The molecule has 18 heavy (non-hydrogen) atoms. The fraction of sp³-hybridized carbons (Fsp3) is 0.938. The minimum Gasteiger partial charge on any atom is -0.375 e. The highest BCUT2D eigenvalue weighted by molar-refractivity contribution is 5.50. The predicted octanol–water partition coefficient (Wildman–Crippen LogP) is 3.59. The second-order valence-electron chi connectivity index (χ2n) is 7.52. The van der Waals surface area contributed by atoms with Gasteiger partial charge in [-0.05, 0) is 50.9 Å². The number of ether oxygens (including phenoxy) is 1. The van der Waals surface area contributed by atoms with Crippen LogP contribution in [0.4, 0.5) is 0 Å². The van der Waals surface area contributed by atoms with Crippen LogP contribution >= 0.6 is 0 Å². The van der Waals surface area contributed by atoms with Gasteiger partial charge in [-0.1, -0.05) is 19.3 Å². The summed E-state index contributed by atoms with van der Waals surface area (Å²) in [6.45, 7) is 5.31. The van der Waals surface area contributed by atoms with E-state index in [4.69, 9.17) is 4.74 Å². The van der Waals surface area contributed by atoms with Crippen molar-refractivity contribution < 1.29 is 9.53 Å². The summed E-state index contributed by atoms with van der Waals surface area (Å²) in [4.78, 5) is 11.0. The van der Waals surface area contributed by atoms with Gasteiger partial charge in [0.1, 0.15) is 6.29 Å². The molecule has 0 aromatic heterocycles. The highest BCUT2D eigenvalue weighted by Crippen LogP contribution is 2.66. The molecular weight excluding hydrogens is 224 g/mol. The SMILES string of the molecule is CC1(C)CC2CC2([C@@H](CC=O)CC2CCC2)CO1. The van der Waals surface area contributed by atoms with Crippen LogP contribution < -0.4 is 0 Å². The molecule has 0 N–H and O–H groups in total. The maximum absolute atomic E-state index is 11.0. The Balaban J connectivity index is 1.66. The third kappa shape index (κ3) is 2.13. The monoisotopic (exact) mass is 250 g/mol. The maximum atomic E-state index is 11.0. The summed E-state index contributed by atoms with van der Waals surface area (Å²) in [5.41, 5.74) is 0.443. The second kappa shape index (κ2) is 4.33. The molecule has 3 fully saturated rings. The van der Waals surface area contributed by atoms with Crippen LogP contribution in [0.2, 0.25) is 0 Å². The predicted molar refractivity (Wildman–Crippen MR) is 71.3 cm³/mol. The average Bonchev–Trinajstić information content (AvgIpc) is 2.94. The zero-order chi connectivity index (χ0) is 12.8. The third-order valence-electron chi connectivity index (χ3n) is 5.79. The van der Waals surface area contributed by atoms with Gasteiger partial charge in [0, 0.05) is 11.8 Å². The molecule has 2 aliphatic carbocycles. The third-order valence-corrected chi connectivity index (χ3v) is 5.79. The van der Waals surface area contributed by atoms with Crippen molar-refractivity contribution >= 4 is 6.29 Å². The summed E-state index contributed by atoms with van der Waals surface area (Å²) in [6, 6.07) is 0. The molecule has 1 saturated heterocycles. The Kier molecular flexibility index (Phi) is 3.04. The summed E-state index contributed by atoms with van der Waals surface area (Å²) in [5, 5.41) is 0. The van der Waals surface area contributed by atoms with E-state index < -0.39 is 0 Å². The zero-order valence-corrected chi connectivity index (χ0v) is 11.8. The van der Waals surface area contributed by atoms with E-state index in [0.717, 1.165) is 31.1 Å². The van der Waals surface area contributed by atoms with Crippen molar-refractivity contribution in [2.75, 3.05) is 6.61 Å². The lowest BCUT2D eigenvalue weighted by molar-refractivity contribution is -0.114. The fourth-order valence-electron chi connectivity index (χ4n) is 4.26. The van der Waals surface area contributed by atoms with Crippen molar-refractivity contribution in [3.05, 3.63) is 0 Å². The smallest absolute Gasteiger partial charge is 0.120 e. The molecule has 3 rings (SSSR count). The molecule has 0 aromatic rings. The first-order valence-corrected chi connectivity index (χ1v) is 7.63. The van der Waals surface area contributed by atoms with E-state index in [0.29, 0.717) is 11.3 Å². The van der Waals surface area contributed by atoms with Crippen molar-refractivity contribution in [1.82, 2.24) is 0 Å². The Morgan fingerprint density at radius 3 is 2.67 bits per heavy atom. The van der Waals surface area contributed by atoms with Gasteiger partial charge < -0.3 is 9.53 Å². The van der Waals surface area contributed by atoms with Gasteiger partial charge in [-0.2, -0.15) is 0 Å². The molecule has 0 spiro atoms. The number of hydrogen-bond acceptors (Lipinski definition) is 2. The number of rotatable bonds is 5. The number of fused-ring (bicyclic) bond motifs is 1. The van der Waals surface area contributed by atoms with Crippen LogP contribution in [0.15, 0.2) is 0 Å². The number of carbonyl (C=O) groups excluding carboxylic acids is 1. The molecule has 0 radical (unpaired) electrons. The summed E-state index contributed by atoms with van der Waals surface area (Å²) < 4.78 is 6.07. The average molecular weight is 250 g/mol. The Labute approximate surface area is 110 Å².